The molecule has 0 amide bonds. The summed E-state index contributed by atoms with van der Waals surface area (Å²) < 4.78 is 6.15. The van der Waals surface area contributed by atoms with Gasteiger partial charge in [-0.05, 0) is 44.8 Å². The lowest BCUT2D eigenvalue weighted by Crippen LogP contribution is -2.43. The van der Waals surface area contributed by atoms with E-state index in [0.29, 0.717) is 0 Å². The summed E-state index contributed by atoms with van der Waals surface area (Å²) in [5, 5.41) is 0. The van der Waals surface area contributed by atoms with Gasteiger partial charge >= 0.3 is 0 Å². The van der Waals surface area contributed by atoms with Crippen molar-refractivity contribution in [3.05, 3.63) is 29.8 Å². The van der Waals surface area contributed by atoms with E-state index >= 15 is 0 Å². The van der Waals surface area contributed by atoms with Crippen molar-refractivity contribution in [3.8, 4) is 5.75 Å². The van der Waals surface area contributed by atoms with E-state index in [1.165, 1.54) is 38.0 Å². The number of likely N-dealkylation sites (N-methyl/N-ethyl adjacent to an activating group) is 1. The summed E-state index contributed by atoms with van der Waals surface area (Å²) in [5.74, 6) is 1.94. The third-order valence-corrected chi connectivity index (χ3v) is 5.58. The normalized spacial score (nSPS) is 23.7. The van der Waals surface area contributed by atoms with Gasteiger partial charge in [0.15, 0.2) is 0 Å². The van der Waals surface area contributed by atoms with Gasteiger partial charge in [-0.25, -0.2) is 0 Å². The lowest BCUT2D eigenvalue weighted by molar-refractivity contribution is 0.145. The zero-order chi connectivity index (χ0) is 17.5. The SMILES string of the molecule is CC1CCCN(CCCOc2ccccc2CN2CCN(C)CC2)C1. The number of rotatable bonds is 7. The van der Waals surface area contributed by atoms with Crippen LogP contribution in [-0.4, -0.2) is 74.2 Å². The fourth-order valence-electron chi connectivity index (χ4n) is 3.98. The van der Waals surface area contributed by atoms with Gasteiger partial charge in [0.05, 0.1) is 6.61 Å². The number of piperidine rings is 1. The Morgan fingerprint density at radius 2 is 1.84 bits per heavy atom. The van der Waals surface area contributed by atoms with Crippen LogP contribution in [0.4, 0.5) is 0 Å². The molecule has 1 atom stereocenters. The highest BCUT2D eigenvalue weighted by molar-refractivity contribution is 5.33. The van der Waals surface area contributed by atoms with Gasteiger partial charge in [0.25, 0.3) is 0 Å². The smallest absolute Gasteiger partial charge is 0.123 e. The Morgan fingerprint density at radius 3 is 2.64 bits per heavy atom. The summed E-state index contributed by atoms with van der Waals surface area (Å²) in [5.41, 5.74) is 1.33. The Labute approximate surface area is 153 Å². The molecule has 1 unspecified atom stereocenters. The minimum atomic E-state index is 0.824. The van der Waals surface area contributed by atoms with E-state index < -0.39 is 0 Å². The molecule has 0 aliphatic carbocycles. The van der Waals surface area contributed by atoms with E-state index in [1.807, 2.05) is 0 Å². The molecule has 0 aromatic heterocycles. The van der Waals surface area contributed by atoms with Crippen molar-refractivity contribution in [2.45, 2.75) is 32.7 Å². The number of para-hydroxylation sites is 1. The molecule has 2 saturated heterocycles. The molecule has 0 saturated carbocycles. The van der Waals surface area contributed by atoms with Gasteiger partial charge in [-0.2, -0.15) is 0 Å². The Balaban J connectivity index is 1.43. The minimum Gasteiger partial charge on any atom is -0.493 e. The Kier molecular flexibility index (Phi) is 7.14. The first-order valence-electron chi connectivity index (χ1n) is 10.0. The van der Waals surface area contributed by atoms with E-state index in [0.717, 1.165) is 57.4 Å². The fourth-order valence-corrected chi connectivity index (χ4v) is 3.98. The summed E-state index contributed by atoms with van der Waals surface area (Å²) in [4.78, 5) is 7.55. The van der Waals surface area contributed by atoms with Crippen molar-refractivity contribution in [3.63, 3.8) is 0 Å². The second-order valence-electron chi connectivity index (χ2n) is 7.94. The maximum Gasteiger partial charge on any atom is 0.123 e. The summed E-state index contributed by atoms with van der Waals surface area (Å²) in [7, 11) is 2.21. The number of benzene rings is 1. The zero-order valence-electron chi connectivity index (χ0n) is 16.1. The van der Waals surface area contributed by atoms with E-state index in [1.54, 1.807) is 0 Å². The number of piperazine rings is 1. The van der Waals surface area contributed by atoms with Gasteiger partial charge in [0, 0.05) is 51.4 Å². The second kappa shape index (κ2) is 9.56. The zero-order valence-corrected chi connectivity index (χ0v) is 16.1. The summed E-state index contributed by atoms with van der Waals surface area (Å²) in [6.07, 6.45) is 3.87. The fraction of sp³-hybridized carbons (Fsp3) is 0.714. The Bertz CT molecular complexity index is 514. The van der Waals surface area contributed by atoms with Gasteiger partial charge in [0.2, 0.25) is 0 Å². The van der Waals surface area contributed by atoms with Crippen LogP contribution in [0, 0.1) is 5.92 Å². The van der Waals surface area contributed by atoms with E-state index in [2.05, 4.69) is 52.9 Å². The predicted molar refractivity (Wildman–Crippen MR) is 104 cm³/mol. The van der Waals surface area contributed by atoms with E-state index in [9.17, 15) is 0 Å². The molecule has 140 valence electrons. The van der Waals surface area contributed by atoms with Crippen LogP contribution in [0.15, 0.2) is 24.3 Å². The molecular formula is C21H35N3O. The molecule has 0 N–H and O–H groups in total. The standard InChI is InChI=1S/C21H35N3O/c1-19-7-5-10-23(17-19)11-6-16-25-21-9-4-3-8-20(21)18-24-14-12-22(2)13-15-24/h3-4,8-9,19H,5-7,10-18H2,1-2H3. The first-order valence-corrected chi connectivity index (χ1v) is 10.0. The lowest BCUT2D eigenvalue weighted by Gasteiger charge is -2.32. The molecule has 25 heavy (non-hydrogen) atoms. The average molecular weight is 346 g/mol. The highest BCUT2D eigenvalue weighted by Gasteiger charge is 2.17. The van der Waals surface area contributed by atoms with Crippen LogP contribution in [0.3, 0.4) is 0 Å². The Morgan fingerprint density at radius 1 is 1.04 bits per heavy atom. The lowest BCUT2D eigenvalue weighted by atomic mass is 10.0. The molecule has 4 nitrogen and oxygen atoms in total. The number of hydrogen-bond acceptors (Lipinski definition) is 4. The third-order valence-electron chi connectivity index (χ3n) is 5.58. The average Bonchev–Trinajstić information content (AvgIpc) is 2.62. The second-order valence-corrected chi connectivity index (χ2v) is 7.94. The van der Waals surface area contributed by atoms with Crippen molar-refractivity contribution in [2.24, 2.45) is 5.92 Å². The van der Waals surface area contributed by atoms with Crippen LogP contribution in [0.2, 0.25) is 0 Å². The van der Waals surface area contributed by atoms with Gasteiger partial charge in [-0.1, -0.05) is 25.1 Å². The largest absolute Gasteiger partial charge is 0.493 e. The number of nitrogens with zero attached hydrogens (tertiary/aromatic N) is 3. The maximum atomic E-state index is 6.15. The van der Waals surface area contributed by atoms with Crippen LogP contribution in [-0.2, 0) is 6.54 Å². The van der Waals surface area contributed by atoms with Crippen LogP contribution in [0.25, 0.3) is 0 Å². The highest BCUT2D eigenvalue weighted by Crippen LogP contribution is 2.21. The molecule has 0 radical (unpaired) electrons. The maximum absolute atomic E-state index is 6.15. The van der Waals surface area contributed by atoms with Gasteiger partial charge in [-0.3, -0.25) is 4.90 Å². The molecule has 2 fully saturated rings. The van der Waals surface area contributed by atoms with Gasteiger partial charge < -0.3 is 14.5 Å². The van der Waals surface area contributed by atoms with Crippen molar-refractivity contribution in [1.82, 2.24) is 14.7 Å². The van der Waals surface area contributed by atoms with Gasteiger partial charge in [0.1, 0.15) is 5.75 Å². The van der Waals surface area contributed by atoms with Crippen LogP contribution in [0.1, 0.15) is 31.7 Å². The van der Waals surface area contributed by atoms with Crippen LogP contribution >= 0.6 is 0 Å². The molecule has 0 spiro atoms. The van der Waals surface area contributed by atoms with Crippen LogP contribution in [0.5, 0.6) is 5.75 Å². The molecular weight excluding hydrogens is 310 g/mol. The molecule has 1 aromatic rings. The van der Waals surface area contributed by atoms with Crippen molar-refractivity contribution in [1.29, 1.82) is 0 Å². The summed E-state index contributed by atoms with van der Waals surface area (Å²) in [6.45, 7) is 12.5. The monoisotopic (exact) mass is 345 g/mol. The first-order chi connectivity index (χ1) is 12.2. The summed E-state index contributed by atoms with van der Waals surface area (Å²) in [6, 6.07) is 8.58. The number of hydrogen-bond donors (Lipinski definition) is 0. The van der Waals surface area contributed by atoms with Crippen molar-refractivity contribution >= 4 is 0 Å². The molecule has 2 aliphatic rings. The number of ether oxygens (including phenoxy) is 1. The summed E-state index contributed by atoms with van der Waals surface area (Å²) >= 11 is 0. The molecule has 2 heterocycles. The third kappa shape index (κ3) is 5.98. The molecule has 0 bridgehead atoms. The Hall–Kier alpha value is -1.10. The highest BCUT2D eigenvalue weighted by atomic mass is 16.5. The molecule has 3 rings (SSSR count). The molecule has 2 aliphatic heterocycles. The topological polar surface area (TPSA) is 19.0 Å². The molecule has 4 heteroatoms. The van der Waals surface area contributed by atoms with Gasteiger partial charge in [-0.15, -0.1) is 0 Å². The number of likely N-dealkylation sites (tertiary alicyclic amines) is 1. The molecule has 1 aromatic carbocycles. The predicted octanol–water partition coefficient (Wildman–Crippen LogP) is 2.93. The first kappa shape index (κ1) is 18.7. The van der Waals surface area contributed by atoms with Crippen molar-refractivity contribution < 1.29 is 4.74 Å². The van der Waals surface area contributed by atoms with Crippen molar-refractivity contribution in [2.75, 3.05) is 59.5 Å². The minimum absolute atomic E-state index is 0.824. The van der Waals surface area contributed by atoms with E-state index in [-0.39, 0.29) is 0 Å². The quantitative estimate of drug-likeness (QED) is 0.707. The van der Waals surface area contributed by atoms with E-state index in [4.69, 9.17) is 4.74 Å². The van der Waals surface area contributed by atoms with Crippen LogP contribution < -0.4 is 4.74 Å².